The van der Waals surface area contributed by atoms with Crippen molar-refractivity contribution >= 4 is 41.0 Å². The highest BCUT2D eigenvalue weighted by Crippen LogP contribution is 2.25. The van der Waals surface area contributed by atoms with Crippen molar-refractivity contribution in [2.24, 2.45) is 5.73 Å². The van der Waals surface area contributed by atoms with Crippen molar-refractivity contribution in [1.82, 2.24) is 4.90 Å². The highest BCUT2D eigenvalue weighted by Gasteiger charge is 2.31. The Balaban J connectivity index is 2.33. The third-order valence-electron chi connectivity index (χ3n) is 4.80. The molecule has 0 fully saturated rings. The average molecular weight is 522 g/mol. The number of halogens is 2. The molecule has 0 aliphatic rings. The van der Waals surface area contributed by atoms with E-state index in [4.69, 9.17) is 22.1 Å². The van der Waals surface area contributed by atoms with E-state index >= 15 is 0 Å². The van der Waals surface area contributed by atoms with Crippen LogP contribution in [0.4, 0.5) is 10.1 Å². The van der Waals surface area contributed by atoms with E-state index in [9.17, 15) is 23.6 Å². The van der Waals surface area contributed by atoms with Crippen LogP contribution in [0.2, 0.25) is 5.02 Å². The SMILES string of the molecule is COC(=O)CC(=O)Nc1cc(C(=O)N(CCc2cccc(F)c2)[C@H](N)C(=O)OC(C)(C)C)ccc1Cl. The number of nitrogens with one attached hydrogen (secondary N) is 1. The summed E-state index contributed by atoms with van der Waals surface area (Å²) in [5.41, 5.74) is 6.02. The normalized spacial score (nSPS) is 11.9. The fraction of sp³-hybridized carbons (Fsp3) is 0.360. The molecule has 2 amide bonds. The maximum atomic E-state index is 13.6. The number of benzene rings is 2. The van der Waals surface area contributed by atoms with Crippen LogP contribution in [0.3, 0.4) is 0 Å². The minimum absolute atomic E-state index is 0.0324. The first-order valence-electron chi connectivity index (χ1n) is 11.0. The molecule has 0 saturated carbocycles. The Kier molecular flexibility index (Phi) is 9.94. The molecule has 9 nitrogen and oxygen atoms in total. The number of hydrogen-bond donors (Lipinski definition) is 2. The third-order valence-corrected chi connectivity index (χ3v) is 5.12. The molecule has 2 rings (SSSR count). The van der Waals surface area contributed by atoms with E-state index in [1.807, 2.05) is 0 Å². The summed E-state index contributed by atoms with van der Waals surface area (Å²) in [6.07, 6.45) is -1.80. The van der Waals surface area contributed by atoms with E-state index in [0.717, 1.165) is 12.0 Å². The van der Waals surface area contributed by atoms with Gasteiger partial charge in [-0.05, 0) is 63.1 Å². The van der Waals surface area contributed by atoms with Crippen molar-refractivity contribution < 1.29 is 33.0 Å². The number of esters is 2. The van der Waals surface area contributed by atoms with Crippen LogP contribution in [-0.4, -0.2) is 54.1 Å². The number of carbonyl (C=O) groups excluding carboxylic acids is 4. The fourth-order valence-corrected chi connectivity index (χ4v) is 3.28. The van der Waals surface area contributed by atoms with Gasteiger partial charge < -0.3 is 25.4 Å². The molecule has 0 heterocycles. The average Bonchev–Trinajstić information content (AvgIpc) is 2.79. The van der Waals surface area contributed by atoms with Gasteiger partial charge in [0.25, 0.3) is 5.91 Å². The zero-order valence-corrected chi connectivity index (χ0v) is 21.2. The number of ether oxygens (including phenoxy) is 2. The van der Waals surface area contributed by atoms with Crippen LogP contribution < -0.4 is 11.1 Å². The first-order valence-corrected chi connectivity index (χ1v) is 11.4. The van der Waals surface area contributed by atoms with Crippen molar-refractivity contribution in [1.29, 1.82) is 0 Å². The molecule has 1 atom stereocenters. The van der Waals surface area contributed by atoms with Gasteiger partial charge in [0.2, 0.25) is 5.91 Å². The van der Waals surface area contributed by atoms with E-state index in [2.05, 4.69) is 10.1 Å². The second-order valence-corrected chi connectivity index (χ2v) is 9.26. The van der Waals surface area contributed by atoms with Gasteiger partial charge in [-0.1, -0.05) is 23.7 Å². The highest BCUT2D eigenvalue weighted by molar-refractivity contribution is 6.34. The smallest absolute Gasteiger partial charge is 0.344 e. The molecule has 2 aromatic rings. The molecule has 0 spiro atoms. The van der Waals surface area contributed by atoms with E-state index in [-0.39, 0.29) is 29.2 Å². The van der Waals surface area contributed by atoms with Crippen LogP contribution in [0.5, 0.6) is 0 Å². The second-order valence-electron chi connectivity index (χ2n) is 8.85. The van der Waals surface area contributed by atoms with Gasteiger partial charge in [0, 0.05) is 12.1 Å². The van der Waals surface area contributed by atoms with Crippen LogP contribution >= 0.6 is 11.6 Å². The largest absolute Gasteiger partial charge is 0.469 e. The number of rotatable bonds is 9. The molecule has 0 unspecified atom stereocenters. The first kappa shape index (κ1) is 28.7. The predicted octanol–water partition coefficient (Wildman–Crippen LogP) is 3.29. The van der Waals surface area contributed by atoms with Gasteiger partial charge in [-0.25, -0.2) is 9.18 Å². The molecule has 36 heavy (non-hydrogen) atoms. The molecule has 0 bridgehead atoms. The summed E-state index contributed by atoms with van der Waals surface area (Å²) in [5.74, 6) is -3.35. The van der Waals surface area contributed by atoms with Crippen LogP contribution in [0.15, 0.2) is 42.5 Å². The predicted molar refractivity (Wildman–Crippen MR) is 132 cm³/mol. The molecule has 0 radical (unpaired) electrons. The van der Waals surface area contributed by atoms with Crippen LogP contribution in [0, 0.1) is 5.82 Å². The monoisotopic (exact) mass is 521 g/mol. The van der Waals surface area contributed by atoms with Gasteiger partial charge >= 0.3 is 11.9 Å². The Hall–Kier alpha value is -3.50. The Bertz CT molecular complexity index is 1140. The Labute approximate surface area is 213 Å². The quantitative estimate of drug-likeness (QED) is 0.294. The van der Waals surface area contributed by atoms with Gasteiger partial charge in [0.1, 0.15) is 17.8 Å². The zero-order valence-electron chi connectivity index (χ0n) is 20.5. The Morgan fingerprint density at radius 1 is 1.14 bits per heavy atom. The summed E-state index contributed by atoms with van der Waals surface area (Å²) >= 11 is 6.15. The summed E-state index contributed by atoms with van der Waals surface area (Å²) in [6.45, 7) is 4.96. The maximum absolute atomic E-state index is 13.6. The number of carbonyl (C=O) groups is 4. The van der Waals surface area contributed by atoms with Crippen LogP contribution in [0.1, 0.15) is 43.1 Å². The first-order chi connectivity index (χ1) is 16.8. The molecule has 2 aromatic carbocycles. The molecule has 0 aliphatic heterocycles. The summed E-state index contributed by atoms with van der Waals surface area (Å²) in [4.78, 5) is 50.7. The van der Waals surface area contributed by atoms with E-state index in [0.29, 0.717) is 5.56 Å². The van der Waals surface area contributed by atoms with Gasteiger partial charge in [-0.3, -0.25) is 14.4 Å². The van der Waals surface area contributed by atoms with Gasteiger partial charge in [-0.15, -0.1) is 0 Å². The summed E-state index contributed by atoms with van der Waals surface area (Å²) in [7, 11) is 1.15. The lowest BCUT2D eigenvalue weighted by Gasteiger charge is -2.30. The van der Waals surface area contributed by atoms with Crippen molar-refractivity contribution in [3.8, 4) is 0 Å². The van der Waals surface area contributed by atoms with Gasteiger partial charge in [0.05, 0.1) is 17.8 Å². The number of methoxy groups -OCH3 is 1. The summed E-state index contributed by atoms with van der Waals surface area (Å²) in [5, 5.41) is 2.57. The molecular formula is C25H29ClFN3O6. The molecular weight excluding hydrogens is 493 g/mol. The lowest BCUT2D eigenvalue weighted by atomic mass is 10.1. The Morgan fingerprint density at radius 2 is 1.83 bits per heavy atom. The Morgan fingerprint density at radius 3 is 2.44 bits per heavy atom. The van der Waals surface area contributed by atoms with Crippen molar-refractivity contribution in [3.63, 3.8) is 0 Å². The number of nitrogens with two attached hydrogens (primary N) is 1. The third kappa shape index (κ3) is 8.62. The van der Waals surface area contributed by atoms with Crippen molar-refractivity contribution in [3.05, 3.63) is 64.4 Å². The number of anilines is 1. The molecule has 3 N–H and O–H groups in total. The second kappa shape index (κ2) is 12.5. The fourth-order valence-electron chi connectivity index (χ4n) is 3.12. The molecule has 194 valence electrons. The van der Waals surface area contributed by atoms with Crippen LogP contribution in [-0.2, 0) is 30.3 Å². The van der Waals surface area contributed by atoms with Crippen molar-refractivity contribution in [2.75, 3.05) is 19.0 Å². The lowest BCUT2D eigenvalue weighted by Crippen LogP contribution is -2.53. The summed E-state index contributed by atoms with van der Waals surface area (Å²) in [6, 6.07) is 9.91. The maximum Gasteiger partial charge on any atom is 0.344 e. The lowest BCUT2D eigenvalue weighted by molar-refractivity contribution is -0.160. The minimum atomic E-state index is -1.46. The topological polar surface area (TPSA) is 128 Å². The van der Waals surface area contributed by atoms with E-state index in [1.165, 1.54) is 36.4 Å². The molecule has 0 aromatic heterocycles. The number of nitrogens with zero attached hydrogens (tertiary/aromatic N) is 1. The standard InChI is InChI=1S/C25H29ClFN3O6/c1-25(2,3)36-24(34)22(28)30(11-10-15-6-5-7-17(27)12-15)23(33)16-8-9-18(26)19(13-16)29-20(31)14-21(32)35-4/h5-9,12-13,22H,10-11,14,28H2,1-4H3,(H,29,31)/t22-/m0/s1. The summed E-state index contributed by atoms with van der Waals surface area (Å²) < 4.78 is 23.4. The van der Waals surface area contributed by atoms with Crippen molar-refractivity contribution in [2.45, 2.75) is 45.4 Å². The van der Waals surface area contributed by atoms with Crippen LogP contribution in [0.25, 0.3) is 0 Å². The number of amides is 2. The minimum Gasteiger partial charge on any atom is -0.469 e. The van der Waals surface area contributed by atoms with Gasteiger partial charge in [-0.2, -0.15) is 0 Å². The molecule has 0 aliphatic carbocycles. The molecule has 11 heteroatoms. The highest BCUT2D eigenvalue weighted by atomic mass is 35.5. The number of hydrogen-bond acceptors (Lipinski definition) is 7. The van der Waals surface area contributed by atoms with Gasteiger partial charge in [0.15, 0.2) is 6.17 Å². The zero-order chi connectivity index (χ0) is 27.0. The van der Waals surface area contributed by atoms with E-state index < -0.39 is 47.8 Å². The van der Waals surface area contributed by atoms with E-state index in [1.54, 1.807) is 26.8 Å². The molecule has 0 saturated heterocycles.